The zero-order valence-corrected chi connectivity index (χ0v) is 17.6. The first-order chi connectivity index (χ1) is 14.3. The van der Waals surface area contributed by atoms with Crippen molar-refractivity contribution in [1.82, 2.24) is 4.90 Å². The zero-order valence-electron chi connectivity index (χ0n) is 17.6. The number of carboxylic acid groups (broad SMARTS) is 1. The molecular formula is C22H30N4O4. The summed E-state index contributed by atoms with van der Waals surface area (Å²) >= 11 is 0. The molecule has 162 valence electrons. The minimum absolute atomic E-state index is 0.0389. The van der Waals surface area contributed by atoms with Crippen molar-refractivity contribution >= 4 is 17.5 Å². The van der Waals surface area contributed by atoms with Crippen LogP contribution >= 0.6 is 0 Å². The third-order valence-electron chi connectivity index (χ3n) is 4.52. The molecule has 0 aliphatic carbocycles. The number of carboxylic acids is 1. The van der Waals surface area contributed by atoms with E-state index in [1.165, 1.54) is 0 Å². The highest BCUT2D eigenvalue weighted by Crippen LogP contribution is 2.26. The van der Waals surface area contributed by atoms with Gasteiger partial charge >= 0.3 is 5.97 Å². The molecule has 0 fully saturated rings. The number of aliphatic carboxylic acids is 1. The number of likely N-dealkylation sites (N-methyl/N-ethyl adjacent to an activating group) is 1. The molecule has 30 heavy (non-hydrogen) atoms. The molecule has 1 unspecified atom stereocenters. The third kappa shape index (κ3) is 6.75. The van der Waals surface area contributed by atoms with E-state index in [1.54, 1.807) is 37.4 Å². The van der Waals surface area contributed by atoms with Crippen LogP contribution in [-0.4, -0.2) is 55.7 Å². The molecule has 0 radical (unpaired) electrons. The van der Waals surface area contributed by atoms with Crippen LogP contribution in [0.3, 0.4) is 0 Å². The maximum Gasteiger partial charge on any atom is 0.330 e. The van der Waals surface area contributed by atoms with Crippen molar-refractivity contribution in [2.45, 2.75) is 19.5 Å². The summed E-state index contributed by atoms with van der Waals surface area (Å²) < 4.78 is 10.8. The van der Waals surface area contributed by atoms with Crippen molar-refractivity contribution in [2.75, 3.05) is 39.2 Å². The summed E-state index contributed by atoms with van der Waals surface area (Å²) in [6.45, 7) is 4.38. The molecule has 0 aliphatic heterocycles. The number of nitrogens with one attached hydrogen (secondary N) is 2. The highest BCUT2D eigenvalue weighted by Gasteiger charge is 2.21. The van der Waals surface area contributed by atoms with Gasteiger partial charge in [0.25, 0.3) is 0 Å². The van der Waals surface area contributed by atoms with Crippen LogP contribution in [0.25, 0.3) is 0 Å². The molecule has 2 aromatic rings. The lowest BCUT2D eigenvalue weighted by atomic mass is 10.0. The molecule has 0 aromatic heterocycles. The van der Waals surface area contributed by atoms with Gasteiger partial charge in [0.2, 0.25) is 0 Å². The van der Waals surface area contributed by atoms with Crippen molar-refractivity contribution in [1.29, 1.82) is 5.41 Å². The Morgan fingerprint density at radius 1 is 1.27 bits per heavy atom. The highest BCUT2D eigenvalue weighted by atomic mass is 16.5. The van der Waals surface area contributed by atoms with Crippen molar-refractivity contribution in [3.8, 4) is 5.75 Å². The van der Waals surface area contributed by atoms with Crippen molar-refractivity contribution in [3.63, 3.8) is 0 Å². The second kappa shape index (κ2) is 11.2. The van der Waals surface area contributed by atoms with Gasteiger partial charge in [-0.25, -0.2) is 4.79 Å². The van der Waals surface area contributed by atoms with E-state index in [1.807, 2.05) is 26.1 Å². The molecule has 1 atom stereocenters. The first-order valence-corrected chi connectivity index (χ1v) is 9.72. The number of amidine groups is 1. The van der Waals surface area contributed by atoms with Gasteiger partial charge in [-0.15, -0.1) is 0 Å². The van der Waals surface area contributed by atoms with Gasteiger partial charge in [-0.05, 0) is 61.5 Å². The van der Waals surface area contributed by atoms with Crippen LogP contribution in [0.4, 0.5) is 5.69 Å². The van der Waals surface area contributed by atoms with Crippen molar-refractivity contribution in [3.05, 3.63) is 59.2 Å². The number of ether oxygens (including phenoxy) is 2. The number of nitrogens with zero attached hydrogens (tertiary/aromatic N) is 1. The highest BCUT2D eigenvalue weighted by molar-refractivity contribution is 5.95. The van der Waals surface area contributed by atoms with E-state index in [-0.39, 0.29) is 5.84 Å². The molecule has 0 spiro atoms. The molecule has 0 amide bonds. The van der Waals surface area contributed by atoms with Gasteiger partial charge in [0.05, 0.1) is 13.2 Å². The van der Waals surface area contributed by atoms with Crippen molar-refractivity contribution < 1.29 is 19.4 Å². The molecule has 0 saturated carbocycles. The molecule has 0 bridgehead atoms. The van der Waals surface area contributed by atoms with Gasteiger partial charge in [-0.3, -0.25) is 10.3 Å². The summed E-state index contributed by atoms with van der Waals surface area (Å²) in [7, 11) is 3.64. The van der Waals surface area contributed by atoms with E-state index in [0.29, 0.717) is 42.3 Å². The standard InChI is InChI=1S/C22H30N4O4/c1-4-30-19-12-15(14-26(2)9-10-29-3)11-17(13-19)20(22(27)28)25-18-7-5-16(6-8-18)21(23)24/h5-8,11-13,20,25H,4,9-10,14H2,1-3H3,(H3,23,24)(H,27,28). The summed E-state index contributed by atoms with van der Waals surface area (Å²) in [5.41, 5.74) is 8.22. The Balaban J connectivity index is 2.30. The number of anilines is 1. The number of hydrogen-bond donors (Lipinski definition) is 4. The molecule has 8 nitrogen and oxygen atoms in total. The fourth-order valence-electron chi connectivity index (χ4n) is 3.03. The number of methoxy groups -OCH3 is 1. The Hall–Kier alpha value is -3.10. The van der Waals surface area contributed by atoms with Crippen LogP contribution in [0.5, 0.6) is 5.75 Å². The predicted molar refractivity (Wildman–Crippen MR) is 117 cm³/mol. The molecule has 5 N–H and O–H groups in total. The Kier molecular flexibility index (Phi) is 8.64. The maximum absolute atomic E-state index is 12.0. The molecule has 0 aliphatic rings. The number of nitrogens with two attached hydrogens (primary N) is 1. The molecular weight excluding hydrogens is 384 g/mol. The first-order valence-electron chi connectivity index (χ1n) is 9.72. The fourth-order valence-corrected chi connectivity index (χ4v) is 3.03. The van der Waals surface area contributed by atoms with E-state index < -0.39 is 12.0 Å². The van der Waals surface area contributed by atoms with Crippen LogP contribution in [-0.2, 0) is 16.1 Å². The van der Waals surface area contributed by atoms with Gasteiger partial charge in [-0.2, -0.15) is 0 Å². The Morgan fingerprint density at radius 2 is 1.97 bits per heavy atom. The smallest absolute Gasteiger partial charge is 0.330 e. The predicted octanol–water partition coefficient (Wildman–Crippen LogP) is 2.69. The molecule has 2 rings (SSSR count). The minimum atomic E-state index is -1.00. The second-order valence-electron chi connectivity index (χ2n) is 6.98. The average molecular weight is 415 g/mol. The van der Waals surface area contributed by atoms with Crippen LogP contribution in [0.2, 0.25) is 0 Å². The summed E-state index contributed by atoms with van der Waals surface area (Å²) in [6, 6.07) is 11.4. The van der Waals surface area contributed by atoms with Crippen molar-refractivity contribution in [2.24, 2.45) is 5.73 Å². The van der Waals surface area contributed by atoms with E-state index in [2.05, 4.69) is 10.2 Å². The molecule has 0 saturated heterocycles. The van der Waals surface area contributed by atoms with Crippen LogP contribution in [0.15, 0.2) is 42.5 Å². The summed E-state index contributed by atoms with van der Waals surface area (Å²) in [4.78, 5) is 14.1. The fraction of sp³-hybridized carbons (Fsp3) is 0.364. The van der Waals surface area contributed by atoms with Crippen LogP contribution < -0.4 is 15.8 Å². The summed E-state index contributed by atoms with van der Waals surface area (Å²) in [6.07, 6.45) is 0. The Morgan fingerprint density at radius 3 is 2.53 bits per heavy atom. The topological polar surface area (TPSA) is 121 Å². The third-order valence-corrected chi connectivity index (χ3v) is 4.52. The van der Waals surface area contributed by atoms with Gasteiger partial charge in [-0.1, -0.05) is 6.07 Å². The van der Waals surface area contributed by atoms with E-state index in [4.69, 9.17) is 20.6 Å². The largest absolute Gasteiger partial charge is 0.494 e. The van der Waals surface area contributed by atoms with Crippen LogP contribution in [0.1, 0.15) is 29.7 Å². The zero-order chi connectivity index (χ0) is 22.1. The van der Waals surface area contributed by atoms with Gasteiger partial charge in [0.15, 0.2) is 6.04 Å². The Labute approximate surface area is 177 Å². The SMILES string of the molecule is CCOc1cc(CN(C)CCOC)cc(C(Nc2ccc(C(=N)N)cc2)C(=O)O)c1. The van der Waals surface area contributed by atoms with Gasteiger partial charge in [0, 0.05) is 31.5 Å². The number of hydrogen-bond acceptors (Lipinski definition) is 6. The summed E-state index contributed by atoms with van der Waals surface area (Å²) in [5, 5.41) is 20.4. The quantitative estimate of drug-likeness (QED) is 0.311. The van der Waals surface area contributed by atoms with E-state index in [0.717, 1.165) is 12.1 Å². The van der Waals surface area contributed by atoms with E-state index >= 15 is 0 Å². The normalized spacial score (nSPS) is 11.9. The lowest BCUT2D eigenvalue weighted by Crippen LogP contribution is -2.23. The number of rotatable bonds is 12. The van der Waals surface area contributed by atoms with Gasteiger partial charge in [0.1, 0.15) is 11.6 Å². The Bertz CT molecular complexity index is 855. The minimum Gasteiger partial charge on any atom is -0.494 e. The number of nitrogen functional groups attached to an aromatic ring is 1. The van der Waals surface area contributed by atoms with Crippen LogP contribution in [0, 0.1) is 5.41 Å². The second-order valence-corrected chi connectivity index (χ2v) is 6.98. The van der Waals surface area contributed by atoms with Gasteiger partial charge < -0.3 is 25.6 Å². The monoisotopic (exact) mass is 414 g/mol. The summed E-state index contributed by atoms with van der Waals surface area (Å²) in [5.74, 6) is -0.411. The lowest BCUT2D eigenvalue weighted by molar-refractivity contribution is -0.138. The number of benzene rings is 2. The lowest BCUT2D eigenvalue weighted by Gasteiger charge is -2.21. The van der Waals surface area contributed by atoms with E-state index in [9.17, 15) is 9.90 Å². The average Bonchev–Trinajstić information content (AvgIpc) is 2.70. The molecule has 8 heteroatoms. The first kappa shape index (κ1) is 23.2. The number of carbonyl (C=O) groups is 1. The molecule has 0 heterocycles. The maximum atomic E-state index is 12.0. The molecule has 2 aromatic carbocycles.